The van der Waals surface area contributed by atoms with E-state index in [9.17, 15) is 27.9 Å². The van der Waals surface area contributed by atoms with Crippen molar-refractivity contribution in [2.75, 3.05) is 6.61 Å². The van der Waals surface area contributed by atoms with Crippen molar-refractivity contribution >= 4 is 11.9 Å². The van der Waals surface area contributed by atoms with Crippen LogP contribution in [0.3, 0.4) is 0 Å². The molecule has 1 aliphatic heterocycles. The average Bonchev–Trinajstić information content (AvgIpc) is 2.78. The molecule has 1 unspecified atom stereocenters. The second-order valence-electron chi connectivity index (χ2n) is 7.72. The first-order valence-electron chi connectivity index (χ1n) is 10.0. The molecule has 1 aromatic heterocycles. The SMILES string of the molecule is Cc1cc(C(=O)NC2(c3ccc(C(F)(F)F)cc3)CCOc3cccnc32)ccc1C(=O)O. The standard InChI is InChI=1S/C24H19F3N2O4/c1-14-13-15(4-9-18(14)22(31)32)21(30)29-23(10-12-33-19-3-2-11-28-20(19)23)16-5-7-17(8-6-16)24(25,26)27/h2-9,11,13H,10,12H2,1H3,(H,29,30)(H,31,32). The smallest absolute Gasteiger partial charge is 0.416 e. The molecular formula is C24H19F3N2O4. The second-order valence-corrected chi connectivity index (χ2v) is 7.72. The predicted molar refractivity (Wildman–Crippen MR) is 112 cm³/mol. The number of hydrogen-bond donors (Lipinski definition) is 2. The van der Waals surface area contributed by atoms with Crippen molar-refractivity contribution in [2.24, 2.45) is 0 Å². The minimum absolute atomic E-state index is 0.0714. The first-order valence-corrected chi connectivity index (χ1v) is 10.0. The van der Waals surface area contributed by atoms with Crippen LogP contribution in [0.5, 0.6) is 5.75 Å². The molecule has 1 aliphatic rings. The number of amides is 1. The van der Waals surface area contributed by atoms with Crippen molar-refractivity contribution in [3.8, 4) is 5.75 Å². The Hall–Kier alpha value is -3.88. The van der Waals surface area contributed by atoms with Gasteiger partial charge in [0.2, 0.25) is 0 Å². The van der Waals surface area contributed by atoms with E-state index in [4.69, 9.17) is 4.74 Å². The first kappa shape index (κ1) is 22.3. The number of carboxylic acids is 1. The molecule has 0 saturated heterocycles. The molecule has 170 valence electrons. The third-order valence-electron chi connectivity index (χ3n) is 5.66. The quantitative estimate of drug-likeness (QED) is 0.601. The number of carbonyl (C=O) groups excluding carboxylic acids is 1. The van der Waals surface area contributed by atoms with E-state index in [2.05, 4.69) is 10.3 Å². The monoisotopic (exact) mass is 456 g/mol. The molecule has 2 aromatic carbocycles. The van der Waals surface area contributed by atoms with Gasteiger partial charge in [0, 0.05) is 18.2 Å². The largest absolute Gasteiger partial charge is 0.491 e. The summed E-state index contributed by atoms with van der Waals surface area (Å²) in [6.07, 6.45) is -2.74. The van der Waals surface area contributed by atoms with Crippen LogP contribution in [-0.2, 0) is 11.7 Å². The zero-order valence-corrected chi connectivity index (χ0v) is 17.4. The number of pyridine rings is 1. The molecule has 6 nitrogen and oxygen atoms in total. The first-order chi connectivity index (χ1) is 15.6. The fourth-order valence-electron chi connectivity index (χ4n) is 3.99. The van der Waals surface area contributed by atoms with Crippen molar-refractivity contribution in [1.82, 2.24) is 10.3 Å². The van der Waals surface area contributed by atoms with E-state index in [0.29, 0.717) is 22.6 Å². The summed E-state index contributed by atoms with van der Waals surface area (Å²) in [5, 5.41) is 12.2. The highest BCUT2D eigenvalue weighted by molar-refractivity contribution is 5.97. The zero-order valence-electron chi connectivity index (χ0n) is 17.4. The van der Waals surface area contributed by atoms with Crippen LogP contribution in [0.15, 0.2) is 60.8 Å². The third-order valence-corrected chi connectivity index (χ3v) is 5.66. The molecule has 1 amide bonds. The summed E-state index contributed by atoms with van der Waals surface area (Å²) in [6, 6.07) is 12.1. The topological polar surface area (TPSA) is 88.5 Å². The number of fused-ring (bicyclic) bond motifs is 1. The van der Waals surface area contributed by atoms with E-state index < -0.39 is 29.2 Å². The van der Waals surface area contributed by atoms with Crippen LogP contribution in [0.25, 0.3) is 0 Å². The van der Waals surface area contributed by atoms with E-state index in [1.165, 1.54) is 36.5 Å². The predicted octanol–water partition coefficient (Wildman–Crippen LogP) is 4.56. The maximum absolute atomic E-state index is 13.3. The minimum Gasteiger partial charge on any atom is -0.491 e. The van der Waals surface area contributed by atoms with Crippen LogP contribution in [0, 0.1) is 6.92 Å². The number of carboxylic acid groups (broad SMARTS) is 1. The van der Waals surface area contributed by atoms with Gasteiger partial charge in [-0.2, -0.15) is 13.2 Å². The van der Waals surface area contributed by atoms with E-state index >= 15 is 0 Å². The number of aryl methyl sites for hydroxylation is 1. The van der Waals surface area contributed by atoms with Gasteiger partial charge < -0.3 is 15.2 Å². The van der Waals surface area contributed by atoms with Gasteiger partial charge in [0.1, 0.15) is 17.0 Å². The molecule has 3 aromatic rings. The van der Waals surface area contributed by atoms with Gasteiger partial charge in [-0.3, -0.25) is 9.78 Å². The number of nitrogens with zero attached hydrogens (tertiary/aromatic N) is 1. The molecule has 0 radical (unpaired) electrons. The average molecular weight is 456 g/mol. The summed E-state index contributed by atoms with van der Waals surface area (Å²) in [5.41, 5.74) is -0.552. The van der Waals surface area contributed by atoms with Gasteiger partial charge in [0.05, 0.1) is 17.7 Å². The minimum atomic E-state index is -4.50. The van der Waals surface area contributed by atoms with Crippen LogP contribution < -0.4 is 10.1 Å². The number of benzene rings is 2. The Morgan fingerprint density at radius 3 is 2.48 bits per heavy atom. The maximum atomic E-state index is 13.3. The third kappa shape index (κ3) is 4.13. The molecular weight excluding hydrogens is 437 g/mol. The Morgan fingerprint density at radius 2 is 1.85 bits per heavy atom. The normalized spacial score (nSPS) is 17.6. The number of aromatic carboxylic acids is 1. The highest BCUT2D eigenvalue weighted by Gasteiger charge is 2.43. The van der Waals surface area contributed by atoms with E-state index in [0.717, 1.165) is 12.1 Å². The summed E-state index contributed by atoms with van der Waals surface area (Å²) in [4.78, 5) is 28.9. The molecule has 9 heteroatoms. The van der Waals surface area contributed by atoms with Crippen molar-refractivity contribution < 1.29 is 32.6 Å². The van der Waals surface area contributed by atoms with Crippen LogP contribution >= 0.6 is 0 Å². The molecule has 2 heterocycles. The Balaban J connectivity index is 1.79. The fourth-order valence-corrected chi connectivity index (χ4v) is 3.99. The van der Waals surface area contributed by atoms with Crippen molar-refractivity contribution in [3.63, 3.8) is 0 Å². The lowest BCUT2D eigenvalue weighted by Gasteiger charge is -2.39. The van der Waals surface area contributed by atoms with Gasteiger partial charge >= 0.3 is 12.1 Å². The molecule has 33 heavy (non-hydrogen) atoms. The van der Waals surface area contributed by atoms with E-state index in [1.807, 2.05) is 0 Å². The summed E-state index contributed by atoms with van der Waals surface area (Å²) in [6.45, 7) is 1.79. The summed E-state index contributed by atoms with van der Waals surface area (Å²) >= 11 is 0. The Kier molecular flexibility index (Phi) is 5.57. The van der Waals surface area contributed by atoms with Crippen LogP contribution in [0.2, 0.25) is 0 Å². The van der Waals surface area contributed by atoms with Gasteiger partial charge in [-0.1, -0.05) is 12.1 Å². The van der Waals surface area contributed by atoms with Crippen LogP contribution in [0.4, 0.5) is 13.2 Å². The number of carbonyl (C=O) groups is 2. The number of nitrogens with one attached hydrogen (secondary N) is 1. The van der Waals surface area contributed by atoms with Gasteiger partial charge in [-0.05, 0) is 60.5 Å². The van der Waals surface area contributed by atoms with Crippen molar-refractivity contribution in [1.29, 1.82) is 0 Å². The van der Waals surface area contributed by atoms with Crippen LogP contribution in [-0.4, -0.2) is 28.6 Å². The number of aromatic nitrogens is 1. The lowest BCUT2D eigenvalue weighted by atomic mass is 9.80. The lowest BCUT2D eigenvalue weighted by Crippen LogP contribution is -2.50. The Morgan fingerprint density at radius 1 is 1.12 bits per heavy atom. The highest BCUT2D eigenvalue weighted by Crippen LogP contribution is 2.41. The number of halogens is 3. The highest BCUT2D eigenvalue weighted by atomic mass is 19.4. The second kappa shape index (κ2) is 8.23. The Bertz CT molecular complexity index is 1230. The maximum Gasteiger partial charge on any atom is 0.416 e. The van der Waals surface area contributed by atoms with Crippen molar-refractivity contribution in [3.05, 3.63) is 94.3 Å². The zero-order chi connectivity index (χ0) is 23.8. The van der Waals surface area contributed by atoms with Gasteiger partial charge in [0.15, 0.2) is 0 Å². The fraction of sp³-hybridized carbons (Fsp3) is 0.208. The molecule has 0 spiro atoms. The summed E-state index contributed by atoms with van der Waals surface area (Å²) < 4.78 is 45.0. The molecule has 0 fully saturated rings. The van der Waals surface area contributed by atoms with Crippen LogP contribution in [0.1, 0.15) is 49.5 Å². The van der Waals surface area contributed by atoms with E-state index in [1.54, 1.807) is 19.1 Å². The summed E-state index contributed by atoms with van der Waals surface area (Å²) in [5.74, 6) is -1.21. The molecule has 0 aliphatic carbocycles. The Labute approximate surface area is 187 Å². The molecule has 1 atom stereocenters. The van der Waals surface area contributed by atoms with E-state index in [-0.39, 0.29) is 24.2 Å². The molecule has 4 rings (SSSR count). The number of ether oxygens (including phenoxy) is 1. The lowest BCUT2D eigenvalue weighted by molar-refractivity contribution is -0.137. The molecule has 0 saturated carbocycles. The number of rotatable bonds is 4. The van der Waals surface area contributed by atoms with Gasteiger partial charge in [-0.25, -0.2) is 4.79 Å². The van der Waals surface area contributed by atoms with Gasteiger partial charge in [-0.15, -0.1) is 0 Å². The molecule has 0 bridgehead atoms. The number of alkyl halides is 3. The van der Waals surface area contributed by atoms with Crippen molar-refractivity contribution in [2.45, 2.75) is 25.1 Å². The molecule has 2 N–H and O–H groups in total. The number of hydrogen-bond acceptors (Lipinski definition) is 4. The summed E-state index contributed by atoms with van der Waals surface area (Å²) in [7, 11) is 0. The van der Waals surface area contributed by atoms with Gasteiger partial charge in [0.25, 0.3) is 5.91 Å².